The number of hydrogen-bond acceptors (Lipinski definition) is 4. The van der Waals surface area contributed by atoms with Crippen LogP contribution in [0, 0.1) is 0 Å². The Hall–Kier alpha value is -1.60. The summed E-state index contributed by atoms with van der Waals surface area (Å²) >= 11 is 3.47. The van der Waals surface area contributed by atoms with Crippen LogP contribution in [0.2, 0.25) is 0 Å². The van der Waals surface area contributed by atoms with E-state index in [1.165, 1.54) is 0 Å². The highest BCUT2D eigenvalue weighted by Gasteiger charge is 2.48. The number of carbonyl (C=O) groups is 2. The monoisotopic (exact) mass is 452 g/mol. The molecule has 1 saturated heterocycles. The van der Waals surface area contributed by atoms with Crippen molar-refractivity contribution in [1.29, 1.82) is 0 Å². The lowest BCUT2D eigenvalue weighted by Gasteiger charge is -2.45. The molecule has 1 atom stereocenters. The molecule has 1 unspecified atom stereocenters. The second kappa shape index (κ2) is 9.27. The van der Waals surface area contributed by atoms with E-state index in [2.05, 4.69) is 22.9 Å². The molecule has 3 rings (SSSR count). The minimum Gasteiger partial charge on any atom is -0.449 e. The van der Waals surface area contributed by atoms with Crippen molar-refractivity contribution in [2.75, 3.05) is 32.8 Å². The van der Waals surface area contributed by atoms with E-state index in [0.29, 0.717) is 45.6 Å². The molecule has 0 aromatic heterocycles. The number of piperazine rings is 1. The largest absolute Gasteiger partial charge is 0.449 e. The van der Waals surface area contributed by atoms with Gasteiger partial charge < -0.3 is 19.6 Å². The Bertz CT molecular complexity index is 699. The van der Waals surface area contributed by atoms with E-state index in [9.17, 15) is 14.7 Å². The van der Waals surface area contributed by atoms with Crippen LogP contribution in [0.5, 0.6) is 0 Å². The van der Waals surface area contributed by atoms with Crippen LogP contribution in [0.3, 0.4) is 0 Å². The molecule has 7 heteroatoms. The molecular formula is C21H29BrN2O4. The van der Waals surface area contributed by atoms with Gasteiger partial charge in [0.25, 0.3) is 0 Å². The number of carbonyl (C=O) groups excluding carboxylic acids is 2. The highest BCUT2D eigenvalue weighted by Crippen LogP contribution is 2.45. The maximum absolute atomic E-state index is 13.4. The molecule has 1 aromatic rings. The molecule has 6 nitrogen and oxygen atoms in total. The Morgan fingerprint density at radius 3 is 2.46 bits per heavy atom. The lowest BCUT2D eigenvalue weighted by molar-refractivity contribution is -0.146. The molecule has 28 heavy (non-hydrogen) atoms. The summed E-state index contributed by atoms with van der Waals surface area (Å²) in [6, 6.07) is 7.63. The third kappa shape index (κ3) is 4.69. The first-order valence-corrected chi connectivity index (χ1v) is 10.9. The zero-order valence-corrected chi connectivity index (χ0v) is 18.0. The van der Waals surface area contributed by atoms with Crippen LogP contribution in [-0.4, -0.2) is 65.3 Å². The number of amides is 2. The van der Waals surface area contributed by atoms with Gasteiger partial charge in [-0.1, -0.05) is 41.4 Å². The molecule has 2 aliphatic rings. The highest BCUT2D eigenvalue weighted by atomic mass is 79.9. The van der Waals surface area contributed by atoms with Gasteiger partial charge >= 0.3 is 6.09 Å². The molecule has 1 aliphatic carbocycles. The molecule has 1 saturated carbocycles. The first-order valence-electron chi connectivity index (χ1n) is 10.1. The van der Waals surface area contributed by atoms with Gasteiger partial charge in [-0.15, -0.1) is 0 Å². The number of ether oxygens (including phenoxy) is 1. The van der Waals surface area contributed by atoms with E-state index in [-0.39, 0.29) is 12.0 Å². The molecule has 1 aliphatic heterocycles. The zero-order valence-electron chi connectivity index (χ0n) is 16.4. The van der Waals surface area contributed by atoms with Crippen LogP contribution in [-0.2, 0) is 9.53 Å². The van der Waals surface area contributed by atoms with Crippen LogP contribution in [0.1, 0.15) is 50.5 Å². The molecule has 1 N–H and O–H groups in total. The van der Waals surface area contributed by atoms with Gasteiger partial charge in [-0.3, -0.25) is 4.79 Å². The first-order chi connectivity index (χ1) is 13.4. The van der Waals surface area contributed by atoms with E-state index in [0.717, 1.165) is 29.3 Å². The van der Waals surface area contributed by atoms with Crippen molar-refractivity contribution in [2.24, 2.45) is 0 Å². The van der Waals surface area contributed by atoms with Gasteiger partial charge in [-0.05, 0) is 43.4 Å². The van der Waals surface area contributed by atoms with Crippen molar-refractivity contribution in [3.63, 3.8) is 0 Å². The maximum atomic E-state index is 13.4. The van der Waals surface area contributed by atoms with Crippen molar-refractivity contribution in [1.82, 2.24) is 9.80 Å². The summed E-state index contributed by atoms with van der Waals surface area (Å²) < 4.78 is 6.16. The fourth-order valence-electron chi connectivity index (χ4n) is 3.88. The molecule has 0 bridgehead atoms. The summed E-state index contributed by atoms with van der Waals surface area (Å²) in [6.07, 6.45) is 3.75. The number of halogens is 1. The quantitative estimate of drug-likeness (QED) is 0.670. The minimum atomic E-state index is -0.978. The van der Waals surface area contributed by atoms with E-state index < -0.39 is 11.5 Å². The lowest BCUT2D eigenvalue weighted by atomic mass is 9.68. The van der Waals surface area contributed by atoms with Gasteiger partial charge in [0.2, 0.25) is 5.91 Å². The van der Waals surface area contributed by atoms with Crippen LogP contribution < -0.4 is 0 Å². The minimum absolute atomic E-state index is 0.0562. The second-order valence-corrected chi connectivity index (χ2v) is 8.64. The number of benzene rings is 1. The number of nitrogens with zero attached hydrogens (tertiary/aromatic N) is 2. The third-order valence-corrected chi connectivity index (χ3v) is 6.25. The predicted octanol–water partition coefficient (Wildman–Crippen LogP) is 3.53. The molecule has 1 aromatic carbocycles. The topological polar surface area (TPSA) is 70.1 Å². The Morgan fingerprint density at radius 1 is 1.21 bits per heavy atom. The van der Waals surface area contributed by atoms with Gasteiger partial charge in [0, 0.05) is 30.7 Å². The van der Waals surface area contributed by atoms with E-state index in [1.807, 2.05) is 24.3 Å². The Kier molecular flexibility index (Phi) is 6.99. The van der Waals surface area contributed by atoms with Gasteiger partial charge in [0.1, 0.15) is 0 Å². The smallest absolute Gasteiger partial charge is 0.409 e. The van der Waals surface area contributed by atoms with Crippen molar-refractivity contribution >= 4 is 27.9 Å². The summed E-state index contributed by atoms with van der Waals surface area (Å²) in [6.45, 7) is 4.33. The Labute approximate surface area is 175 Å². The van der Waals surface area contributed by atoms with Gasteiger partial charge in [0.05, 0.1) is 18.1 Å². The van der Waals surface area contributed by atoms with Crippen molar-refractivity contribution in [2.45, 2.75) is 50.5 Å². The van der Waals surface area contributed by atoms with Crippen LogP contribution in [0.15, 0.2) is 28.7 Å². The second-order valence-electron chi connectivity index (χ2n) is 7.73. The van der Waals surface area contributed by atoms with Crippen LogP contribution in [0.4, 0.5) is 4.79 Å². The molecule has 154 valence electrons. The normalized spacial score (nSPS) is 19.7. The molecular weight excluding hydrogens is 424 g/mol. The summed E-state index contributed by atoms with van der Waals surface area (Å²) in [5.41, 5.74) is -0.142. The molecule has 2 fully saturated rings. The summed E-state index contributed by atoms with van der Waals surface area (Å²) in [4.78, 5) is 28.9. The van der Waals surface area contributed by atoms with E-state index >= 15 is 0 Å². The standard InChI is InChI=1S/C21H29BrN2O4/c1-2-3-14-28-20(26)24-12-10-23(11-13-24)19(25)18(21(27)8-5-9-21)16-6-4-7-17(22)15-16/h4,6-7,15,18,27H,2-3,5,8-14H2,1H3. The van der Waals surface area contributed by atoms with Crippen LogP contribution in [0.25, 0.3) is 0 Å². The van der Waals surface area contributed by atoms with Crippen LogP contribution >= 0.6 is 15.9 Å². The molecule has 0 radical (unpaired) electrons. The summed E-state index contributed by atoms with van der Waals surface area (Å²) in [5, 5.41) is 11.0. The first kappa shape index (κ1) is 21.1. The number of unbranched alkanes of at least 4 members (excludes halogenated alkanes) is 1. The number of aliphatic hydroxyl groups is 1. The fourth-order valence-corrected chi connectivity index (χ4v) is 4.30. The predicted molar refractivity (Wildman–Crippen MR) is 110 cm³/mol. The highest BCUT2D eigenvalue weighted by molar-refractivity contribution is 9.10. The lowest BCUT2D eigenvalue weighted by Crippen LogP contribution is -2.56. The maximum Gasteiger partial charge on any atom is 0.409 e. The molecule has 2 amide bonds. The summed E-state index contributed by atoms with van der Waals surface area (Å²) in [5.74, 6) is -0.624. The van der Waals surface area contributed by atoms with Gasteiger partial charge in [0.15, 0.2) is 0 Å². The van der Waals surface area contributed by atoms with Gasteiger partial charge in [-0.2, -0.15) is 0 Å². The third-order valence-electron chi connectivity index (χ3n) is 5.76. The zero-order chi connectivity index (χ0) is 20.1. The van der Waals surface area contributed by atoms with Crippen molar-refractivity contribution < 1.29 is 19.4 Å². The fraction of sp³-hybridized carbons (Fsp3) is 0.619. The van der Waals surface area contributed by atoms with E-state index in [1.54, 1.807) is 9.80 Å². The van der Waals surface area contributed by atoms with Crippen molar-refractivity contribution in [3.05, 3.63) is 34.3 Å². The Morgan fingerprint density at radius 2 is 1.89 bits per heavy atom. The van der Waals surface area contributed by atoms with E-state index in [4.69, 9.17) is 4.74 Å². The Balaban J connectivity index is 1.65. The molecule has 1 heterocycles. The molecule has 0 spiro atoms. The summed E-state index contributed by atoms with van der Waals surface area (Å²) in [7, 11) is 0. The number of rotatable bonds is 6. The average molecular weight is 453 g/mol. The number of hydrogen-bond donors (Lipinski definition) is 1. The SMILES string of the molecule is CCCCOC(=O)N1CCN(C(=O)C(c2cccc(Br)c2)C2(O)CCC2)CC1. The average Bonchev–Trinajstić information content (AvgIpc) is 2.67. The van der Waals surface area contributed by atoms with Crippen molar-refractivity contribution in [3.8, 4) is 0 Å². The van der Waals surface area contributed by atoms with Gasteiger partial charge in [-0.25, -0.2) is 4.79 Å².